The van der Waals surface area contributed by atoms with Crippen LogP contribution in [0.1, 0.15) is 23.5 Å². The van der Waals surface area contributed by atoms with Crippen LogP contribution in [0.5, 0.6) is 5.75 Å². The monoisotopic (exact) mass is 170 g/mol. The van der Waals surface area contributed by atoms with Crippen molar-refractivity contribution in [3.05, 3.63) is 16.3 Å². The normalized spacial score (nSPS) is 9.64. The van der Waals surface area contributed by atoms with Crippen LogP contribution in [-0.4, -0.2) is 12.4 Å². The average Bonchev–Trinajstić information content (AvgIpc) is 2.36. The van der Waals surface area contributed by atoms with E-state index < -0.39 is 0 Å². The van der Waals surface area contributed by atoms with Crippen molar-refractivity contribution in [2.24, 2.45) is 0 Å². The van der Waals surface area contributed by atoms with Gasteiger partial charge in [-0.25, -0.2) is 0 Å². The van der Waals surface area contributed by atoms with Gasteiger partial charge in [-0.15, -0.1) is 11.3 Å². The Morgan fingerprint density at radius 2 is 2.45 bits per heavy atom. The molecule has 0 unspecified atom stereocenters. The summed E-state index contributed by atoms with van der Waals surface area (Å²) in [5.74, 6) is 0.786. The van der Waals surface area contributed by atoms with Gasteiger partial charge in [0.2, 0.25) is 0 Å². The van der Waals surface area contributed by atoms with Crippen LogP contribution >= 0.6 is 11.3 Å². The number of ether oxygens (including phenoxy) is 1. The molecule has 1 aromatic heterocycles. The molecule has 3 heteroatoms. The molecule has 1 aromatic rings. The highest BCUT2D eigenvalue weighted by atomic mass is 32.1. The molecule has 0 saturated heterocycles. The summed E-state index contributed by atoms with van der Waals surface area (Å²) < 4.78 is 5.23. The van der Waals surface area contributed by atoms with E-state index >= 15 is 0 Å². The Morgan fingerprint density at radius 1 is 1.73 bits per heavy atom. The molecular weight excluding hydrogens is 160 g/mol. The lowest BCUT2D eigenvalue weighted by molar-refractivity contribution is 0.101. The maximum absolute atomic E-state index is 10.9. The lowest BCUT2D eigenvalue weighted by Crippen LogP contribution is -1.95. The highest BCUT2D eigenvalue weighted by Crippen LogP contribution is 2.24. The van der Waals surface area contributed by atoms with E-state index in [9.17, 15) is 4.79 Å². The van der Waals surface area contributed by atoms with Gasteiger partial charge in [-0.05, 0) is 18.4 Å². The zero-order valence-electron chi connectivity index (χ0n) is 6.59. The van der Waals surface area contributed by atoms with E-state index in [4.69, 9.17) is 4.74 Å². The molecular formula is C8H10O2S. The SMILES string of the molecule is CCOc1ccsc1C(C)=O. The number of hydrogen-bond acceptors (Lipinski definition) is 3. The average molecular weight is 170 g/mol. The maximum Gasteiger partial charge on any atom is 0.173 e. The summed E-state index contributed by atoms with van der Waals surface area (Å²) in [7, 11) is 0. The topological polar surface area (TPSA) is 26.3 Å². The molecule has 0 bridgehead atoms. The lowest BCUT2D eigenvalue weighted by atomic mass is 10.3. The van der Waals surface area contributed by atoms with Crippen molar-refractivity contribution < 1.29 is 9.53 Å². The van der Waals surface area contributed by atoms with Crippen molar-refractivity contribution in [2.45, 2.75) is 13.8 Å². The van der Waals surface area contributed by atoms with Crippen molar-refractivity contribution in [2.75, 3.05) is 6.61 Å². The van der Waals surface area contributed by atoms with Crippen molar-refractivity contribution in [3.8, 4) is 5.75 Å². The third-order valence-corrected chi connectivity index (χ3v) is 2.25. The quantitative estimate of drug-likeness (QED) is 0.651. The van der Waals surface area contributed by atoms with Gasteiger partial charge in [0, 0.05) is 6.92 Å². The van der Waals surface area contributed by atoms with Crippen LogP contribution in [-0.2, 0) is 0 Å². The summed E-state index contributed by atoms with van der Waals surface area (Å²) in [5, 5.41) is 1.86. The smallest absolute Gasteiger partial charge is 0.173 e. The van der Waals surface area contributed by atoms with E-state index in [1.54, 1.807) is 6.92 Å². The van der Waals surface area contributed by atoms with Gasteiger partial charge < -0.3 is 4.74 Å². The van der Waals surface area contributed by atoms with Crippen molar-refractivity contribution >= 4 is 17.1 Å². The van der Waals surface area contributed by atoms with Crippen LogP contribution in [0.2, 0.25) is 0 Å². The number of thiophene rings is 1. The minimum atomic E-state index is 0.0726. The van der Waals surface area contributed by atoms with E-state index in [-0.39, 0.29) is 5.78 Å². The Labute approximate surface area is 69.8 Å². The van der Waals surface area contributed by atoms with Gasteiger partial charge in [0.15, 0.2) is 5.78 Å². The number of ketones is 1. The number of carbonyl (C=O) groups is 1. The molecule has 0 spiro atoms. The highest BCUT2D eigenvalue weighted by molar-refractivity contribution is 7.12. The minimum Gasteiger partial charge on any atom is -0.492 e. The van der Waals surface area contributed by atoms with Gasteiger partial charge in [0.05, 0.1) is 6.61 Å². The fourth-order valence-corrected chi connectivity index (χ4v) is 1.56. The van der Waals surface area contributed by atoms with Gasteiger partial charge in [-0.2, -0.15) is 0 Å². The van der Waals surface area contributed by atoms with Crippen LogP contribution in [0.25, 0.3) is 0 Å². The second-order valence-corrected chi connectivity index (χ2v) is 3.02. The molecule has 0 radical (unpaired) electrons. The lowest BCUT2D eigenvalue weighted by Gasteiger charge is -2.00. The number of carbonyl (C=O) groups excluding carboxylic acids is 1. The summed E-state index contributed by atoms with van der Waals surface area (Å²) >= 11 is 1.42. The summed E-state index contributed by atoms with van der Waals surface area (Å²) in [6.45, 7) is 4.06. The predicted octanol–water partition coefficient (Wildman–Crippen LogP) is 2.35. The fourth-order valence-electron chi connectivity index (χ4n) is 0.823. The standard InChI is InChI=1S/C8H10O2S/c1-3-10-7-4-5-11-8(7)6(2)9/h4-5H,3H2,1-2H3. The van der Waals surface area contributed by atoms with Crippen LogP contribution in [0.4, 0.5) is 0 Å². The van der Waals surface area contributed by atoms with Gasteiger partial charge >= 0.3 is 0 Å². The molecule has 0 fully saturated rings. The molecule has 0 atom stereocenters. The van der Waals surface area contributed by atoms with E-state index in [1.165, 1.54) is 11.3 Å². The summed E-state index contributed by atoms with van der Waals surface area (Å²) in [6.07, 6.45) is 0. The molecule has 11 heavy (non-hydrogen) atoms. The molecule has 2 nitrogen and oxygen atoms in total. The van der Waals surface area contributed by atoms with E-state index in [0.717, 1.165) is 0 Å². The van der Waals surface area contributed by atoms with Crippen molar-refractivity contribution in [1.82, 2.24) is 0 Å². The number of hydrogen-bond donors (Lipinski definition) is 0. The second-order valence-electron chi connectivity index (χ2n) is 2.10. The van der Waals surface area contributed by atoms with Gasteiger partial charge in [-0.3, -0.25) is 4.79 Å². The summed E-state index contributed by atoms with van der Waals surface area (Å²) in [6, 6.07) is 1.82. The van der Waals surface area contributed by atoms with Gasteiger partial charge in [-0.1, -0.05) is 0 Å². The zero-order valence-corrected chi connectivity index (χ0v) is 7.40. The Kier molecular flexibility index (Phi) is 2.65. The molecule has 0 amide bonds. The predicted molar refractivity (Wildman–Crippen MR) is 45.5 cm³/mol. The Morgan fingerprint density at radius 3 is 3.00 bits per heavy atom. The third kappa shape index (κ3) is 1.80. The first-order chi connectivity index (χ1) is 5.25. The molecule has 0 aliphatic heterocycles. The molecule has 0 saturated carbocycles. The molecule has 1 rings (SSSR count). The van der Waals surface area contributed by atoms with Crippen LogP contribution < -0.4 is 4.74 Å². The van der Waals surface area contributed by atoms with E-state index in [2.05, 4.69) is 0 Å². The van der Waals surface area contributed by atoms with Crippen molar-refractivity contribution in [3.63, 3.8) is 0 Å². The molecule has 0 aliphatic rings. The Balaban J connectivity index is 2.87. The molecule has 0 N–H and O–H groups in total. The Bertz CT molecular complexity index is 252. The molecule has 60 valence electrons. The van der Waals surface area contributed by atoms with Crippen molar-refractivity contribution in [1.29, 1.82) is 0 Å². The third-order valence-electron chi connectivity index (χ3n) is 1.25. The first kappa shape index (κ1) is 8.27. The van der Waals surface area contributed by atoms with Gasteiger partial charge in [0.1, 0.15) is 10.6 Å². The van der Waals surface area contributed by atoms with Crippen LogP contribution in [0.15, 0.2) is 11.4 Å². The number of Topliss-reactive ketones (excluding diaryl/α,β-unsaturated/α-hetero) is 1. The van der Waals surface area contributed by atoms with Crippen LogP contribution in [0.3, 0.4) is 0 Å². The molecule has 0 aliphatic carbocycles. The van der Waals surface area contributed by atoms with Gasteiger partial charge in [0.25, 0.3) is 0 Å². The van der Waals surface area contributed by atoms with E-state index in [1.807, 2.05) is 18.4 Å². The minimum absolute atomic E-state index is 0.0726. The zero-order chi connectivity index (χ0) is 8.27. The van der Waals surface area contributed by atoms with E-state index in [0.29, 0.717) is 17.2 Å². The number of rotatable bonds is 3. The maximum atomic E-state index is 10.9. The first-order valence-electron chi connectivity index (χ1n) is 3.47. The second kappa shape index (κ2) is 3.53. The van der Waals surface area contributed by atoms with Crippen LogP contribution in [0, 0.1) is 0 Å². The Hall–Kier alpha value is -0.830. The first-order valence-corrected chi connectivity index (χ1v) is 4.35. The molecule has 1 heterocycles. The summed E-state index contributed by atoms with van der Waals surface area (Å²) in [4.78, 5) is 11.6. The highest BCUT2D eigenvalue weighted by Gasteiger charge is 2.08. The fraction of sp³-hybridized carbons (Fsp3) is 0.375. The molecule has 0 aromatic carbocycles. The largest absolute Gasteiger partial charge is 0.492 e. The summed E-state index contributed by atoms with van der Waals surface area (Å²) in [5.41, 5.74) is 0.